The van der Waals surface area contributed by atoms with E-state index in [2.05, 4.69) is 5.32 Å². The van der Waals surface area contributed by atoms with Gasteiger partial charge in [-0.1, -0.05) is 49.4 Å². The van der Waals surface area contributed by atoms with Crippen LogP contribution in [0.3, 0.4) is 0 Å². The molecular formula is C24H32N2O3. The van der Waals surface area contributed by atoms with Crippen molar-refractivity contribution in [2.75, 3.05) is 13.2 Å². The van der Waals surface area contributed by atoms with Gasteiger partial charge in [0.05, 0.1) is 6.61 Å². The number of amides is 2. The third-order valence-electron chi connectivity index (χ3n) is 4.87. The van der Waals surface area contributed by atoms with Crippen molar-refractivity contribution in [3.63, 3.8) is 0 Å². The zero-order valence-corrected chi connectivity index (χ0v) is 17.7. The third kappa shape index (κ3) is 7.26. The van der Waals surface area contributed by atoms with E-state index in [1.165, 1.54) is 0 Å². The van der Waals surface area contributed by atoms with Gasteiger partial charge in [-0.3, -0.25) is 9.59 Å². The molecule has 2 rings (SSSR count). The molecule has 0 aliphatic carbocycles. The maximum absolute atomic E-state index is 13.0. The van der Waals surface area contributed by atoms with E-state index in [-0.39, 0.29) is 11.8 Å². The van der Waals surface area contributed by atoms with Gasteiger partial charge in [-0.25, -0.2) is 0 Å². The van der Waals surface area contributed by atoms with Crippen LogP contribution in [-0.2, 0) is 16.1 Å². The summed E-state index contributed by atoms with van der Waals surface area (Å²) in [4.78, 5) is 27.2. The topological polar surface area (TPSA) is 58.6 Å². The SMILES string of the molecule is CCCNC(=O)C(C)N(Cc1ccccc1C)C(=O)CCCOc1ccccc1. The lowest BCUT2D eigenvalue weighted by Crippen LogP contribution is -2.47. The van der Waals surface area contributed by atoms with Crippen LogP contribution in [0.15, 0.2) is 54.6 Å². The molecule has 2 aromatic rings. The molecule has 0 aliphatic heterocycles. The Morgan fingerprint density at radius 1 is 1.07 bits per heavy atom. The van der Waals surface area contributed by atoms with Crippen molar-refractivity contribution in [2.24, 2.45) is 0 Å². The number of para-hydroxylation sites is 1. The maximum Gasteiger partial charge on any atom is 0.242 e. The molecule has 1 atom stereocenters. The summed E-state index contributed by atoms with van der Waals surface area (Å²) in [5.41, 5.74) is 2.16. The van der Waals surface area contributed by atoms with Gasteiger partial charge in [0.1, 0.15) is 11.8 Å². The van der Waals surface area contributed by atoms with Gasteiger partial charge in [-0.2, -0.15) is 0 Å². The van der Waals surface area contributed by atoms with E-state index in [9.17, 15) is 9.59 Å². The van der Waals surface area contributed by atoms with Gasteiger partial charge in [-0.15, -0.1) is 0 Å². The molecule has 0 aromatic heterocycles. The summed E-state index contributed by atoms with van der Waals surface area (Å²) in [5.74, 6) is 0.641. The van der Waals surface area contributed by atoms with Crippen molar-refractivity contribution < 1.29 is 14.3 Å². The Balaban J connectivity index is 1.99. The summed E-state index contributed by atoms with van der Waals surface area (Å²) in [6, 6.07) is 17.0. The predicted molar refractivity (Wildman–Crippen MR) is 116 cm³/mol. The minimum absolute atomic E-state index is 0.0379. The Hall–Kier alpha value is -2.82. The van der Waals surface area contributed by atoms with Crippen LogP contribution in [0, 0.1) is 6.92 Å². The quantitative estimate of drug-likeness (QED) is 0.582. The fraction of sp³-hybridized carbons (Fsp3) is 0.417. The second kappa shape index (κ2) is 11.9. The number of carbonyl (C=O) groups is 2. The van der Waals surface area contributed by atoms with Crippen LogP contribution in [0.4, 0.5) is 0 Å². The van der Waals surface area contributed by atoms with Crippen LogP contribution in [0.5, 0.6) is 5.75 Å². The molecule has 0 saturated heterocycles. The van der Waals surface area contributed by atoms with E-state index < -0.39 is 6.04 Å². The molecule has 5 heteroatoms. The van der Waals surface area contributed by atoms with Crippen molar-refractivity contribution in [2.45, 2.75) is 52.6 Å². The number of benzene rings is 2. The summed E-state index contributed by atoms with van der Waals surface area (Å²) < 4.78 is 5.68. The molecule has 156 valence electrons. The molecule has 0 heterocycles. The summed E-state index contributed by atoms with van der Waals surface area (Å²) in [6.07, 6.45) is 1.80. The Morgan fingerprint density at radius 2 is 1.76 bits per heavy atom. The molecule has 0 spiro atoms. The number of carbonyl (C=O) groups excluding carboxylic acids is 2. The Kier molecular flexibility index (Phi) is 9.22. The van der Waals surface area contributed by atoms with Crippen LogP contribution in [-0.4, -0.2) is 35.9 Å². The van der Waals surface area contributed by atoms with Gasteiger partial charge in [-0.05, 0) is 49.9 Å². The second-order valence-corrected chi connectivity index (χ2v) is 7.18. The van der Waals surface area contributed by atoms with Crippen molar-refractivity contribution in [1.82, 2.24) is 10.2 Å². The van der Waals surface area contributed by atoms with Crippen LogP contribution < -0.4 is 10.1 Å². The molecule has 0 fully saturated rings. The molecule has 1 unspecified atom stereocenters. The highest BCUT2D eigenvalue weighted by atomic mass is 16.5. The molecular weight excluding hydrogens is 364 g/mol. The smallest absolute Gasteiger partial charge is 0.242 e. The van der Waals surface area contributed by atoms with Crippen LogP contribution >= 0.6 is 0 Å². The highest BCUT2D eigenvalue weighted by Crippen LogP contribution is 2.15. The van der Waals surface area contributed by atoms with Crippen molar-refractivity contribution in [1.29, 1.82) is 0 Å². The van der Waals surface area contributed by atoms with Gasteiger partial charge in [0, 0.05) is 19.5 Å². The first-order chi connectivity index (χ1) is 14.0. The Bertz CT molecular complexity index is 777. The van der Waals surface area contributed by atoms with Crippen molar-refractivity contribution in [3.05, 3.63) is 65.7 Å². The van der Waals surface area contributed by atoms with Crippen LogP contribution in [0.1, 0.15) is 44.2 Å². The average Bonchev–Trinajstić information content (AvgIpc) is 2.74. The fourth-order valence-electron chi connectivity index (χ4n) is 3.02. The third-order valence-corrected chi connectivity index (χ3v) is 4.87. The standard InChI is InChI=1S/C24H32N2O3/c1-4-16-25-24(28)20(3)26(18-21-12-9-8-11-19(21)2)23(27)15-10-17-29-22-13-6-5-7-14-22/h5-9,11-14,20H,4,10,15-18H2,1-3H3,(H,25,28). The van der Waals surface area contributed by atoms with Crippen molar-refractivity contribution in [3.8, 4) is 5.75 Å². The molecule has 0 saturated carbocycles. The highest BCUT2D eigenvalue weighted by Gasteiger charge is 2.25. The first-order valence-electron chi connectivity index (χ1n) is 10.3. The fourth-order valence-corrected chi connectivity index (χ4v) is 3.02. The maximum atomic E-state index is 13.0. The number of nitrogens with one attached hydrogen (secondary N) is 1. The Labute approximate surface area is 174 Å². The number of hydrogen-bond acceptors (Lipinski definition) is 3. The van der Waals surface area contributed by atoms with Crippen LogP contribution in [0.25, 0.3) is 0 Å². The lowest BCUT2D eigenvalue weighted by atomic mass is 10.1. The van der Waals surface area contributed by atoms with Gasteiger partial charge in [0.25, 0.3) is 0 Å². The zero-order chi connectivity index (χ0) is 21.1. The van der Waals surface area contributed by atoms with E-state index in [0.717, 1.165) is 23.3 Å². The van der Waals surface area contributed by atoms with Gasteiger partial charge in [0.15, 0.2) is 0 Å². The van der Waals surface area contributed by atoms with Gasteiger partial charge >= 0.3 is 0 Å². The van der Waals surface area contributed by atoms with E-state index in [1.807, 2.05) is 68.4 Å². The average molecular weight is 397 g/mol. The van der Waals surface area contributed by atoms with E-state index in [0.29, 0.717) is 32.5 Å². The lowest BCUT2D eigenvalue weighted by molar-refractivity contribution is -0.140. The molecule has 0 radical (unpaired) electrons. The number of ether oxygens (including phenoxy) is 1. The van der Waals surface area contributed by atoms with Gasteiger partial charge < -0.3 is 15.0 Å². The molecule has 29 heavy (non-hydrogen) atoms. The minimum Gasteiger partial charge on any atom is -0.494 e. The summed E-state index contributed by atoms with van der Waals surface area (Å²) in [7, 11) is 0. The molecule has 2 aromatic carbocycles. The highest BCUT2D eigenvalue weighted by molar-refractivity contribution is 5.87. The summed E-state index contributed by atoms with van der Waals surface area (Å²) >= 11 is 0. The van der Waals surface area contributed by atoms with Crippen molar-refractivity contribution >= 4 is 11.8 Å². The second-order valence-electron chi connectivity index (χ2n) is 7.18. The normalized spacial score (nSPS) is 11.6. The number of hydrogen-bond donors (Lipinski definition) is 1. The molecule has 0 aliphatic rings. The molecule has 2 amide bonds. The lowest BCUT2D eigenvalue weighted by Gasteiger charge is -2.29. The first kappa shape index (κ1) is 22.5. The number of rotatable bonds is 11. The van der Waals surface area contributed by atoms with E-state index in [1.54, 1.807) is 11.8 Å². The predicted octanol–water partition coefficient (Wildman–Crippen LogP) is 4.10. The van der Waals surface area contributed by atoms with Crippen LogP contribution in [0.2, 0.25) is 0 Å². The van der Waals surface area contributed by atoms with E-state index >= 15 is 0 Å². The van der Waals surface area contributed by atoms with E-state index in [4.69, 9.17) is 4.74 Å². The number of nitrogens with zero attached hydrogens (tertiary/aromatic N) is 1. The largest absolute Gasteiger partial charge is 0.494 e. The van der Waals surface area contributed by atoms with Gasteiger partial charge in [0.2, 0.25) is 11.8 Å². The number of aryl methyl sites for hydroxylation is 1. The Morgan fingerprint density at radius 3 is 2.45 bits per heavy atom. The molecule has 1 N–H and O–H groups in total. The first-order valence-corrected chi connectivity index (χ1v) is 10.3. The molecule has 5 nitrogen and oxygen atoms in total. The summed E-state index contributed by atoms with van der Waals surface area (Å²) in [6.45, 7) is 7.32. The molecule has 0 bridgehead atoms. The monoisotopic (exact) mass is 396 g/mol. The zero-order valence-electron chi connectivity index (χ0n) is 17.7. The minimum atomic E-state index is -0.524. The summed E-state index contributed by atoms with van der Waals surface area (Å²) in [5, 5.41) is 2.90.